The second-order valence-corrected chi connectivity index (χ2v) is 4.72. The van der Waals surface area contributed by atoms with Crippen molar-refractivity contribution in [2.45, 2.75) is 77.6 Å². The number of rotatable bonds is 8. The van der Waals surface area contributed by atoms with Crippen LogP contribution in [-0.4, -0.2) is 22.9 Å². The number of unbranched alkanes of at least 4 members (excludes halogenated alkanes) is 3. The number of nitrogens with zero attached hydrogens (tertiary/aromatic N) is 1. The van der Waals surface area contributed by atoms with E-state index in [0.717, 1.165) is 19.3 Å². The van der Waals surface area contributed by atoms with Crippen molar-refractivity contribution >= 4 is 0 Å². The van der Waals surface area contributed by atoms with E-state index in [1.165, 1.54) is 12.8 Å². The number of aliphatic hydroxyl groups is 1. The highest BCUT2D eigenvalue weighted by atomic mass is 16.5. The summed E-state index contributed by atoms with van der Waals surface area (Å²) >= 11 is 0. The highest BCUT2D eigenvalue weighted by Gasteiger charge is 2.28. The topological polar surface area (TPSA) is 53.2 Å². The van der Waals surface area contributed by atoms with Crippen molar-refractivity contribution < 1.29 is 9.84 Å². The lowest BCUT2D eigenvalue weighted by atomic mass is 9.98. The van der Waals surface area contributed by atoms with E-state index in [0.29, 0.717) is 0 Å². The summed E-state index contributed by atoms with van der Waals surface area (Å²) in [6.45, 7) is 7.44. The largest absolute Gasteiger partial charge is 0.391 e. The van der Waals surface area contributed by atoms with Gasteiger partial charge < -0.3 is 9.84 Å². The van der Waals surface area contributed by atoms with Crippen molar-refractivity contribution in [3.05, 3.63) is 0 Å². The highest BCUT2D eigenvalue weighted by Crippen LogP contribution is 2.21. The van der Waals surface area contributed by atoms with Crippen molar-refractivity contribution in [1.29, 1.82) is 5.26 Å². The van der Waals surface area contributed by atoms with Crippen LogP contribution < -0.4 is 0 Å². The van der Waals surface area contributed by atoms with Gasteiger partial charge in [0.1, 0.15) is 0 Å². The Morgan fingerprint density at radius 2 is 1.94 bits per heavy atom. The summed E-state index contributed by atoms with van der Waals surface area (Å²) in [5, 5.41) is 18.5. The molecule has 0 saturated carbocycles. The van der Waals surface area contributed by atoms with Gasteiger partial charge in [0, 0.05) is 0 Å². The molecule has 0 aromatic carbocycles. The van der Waals surface area contributed by atoms with Crippen LogP contribution in [0.3, 0.4) is 0 Å². The highest BCUT2D eigenvalue weighted by molar-refractivity contribution is 4.98. The fraction of sp³-hybridized carbons (Fsp3) is 0.923. The zero-order chi connectivity index (χ0) is 12.6. The van der Waals surface area contributed by atoms with Gasteiger partial charge in [-0.15, -0.1) is 0 Å². The van der Waals surface area contributed by atoms with Crippen LogP contribution in [0, 0.1) is 11.3 Å². The number of nitriles is 1. The van der Waals surface area contributed by atoms with Crippen LogP contribution in [0.5, 0.6) is 0 Å². The average molecular weight is 227 g/mol. The molecule has 3 nitrogen and oxygen atoms in total. The molecule has 3 atom stereocenters. The molecule has 1 N–H and O–H groups in total. The minimum Gasteiger partial charge on any atom is -0.391 e. The van der Waals surface area contributed by atoms with E-state index in [1.54, 1.807) is 20.8 Å². The summed E-state index contributed by atoms with van der Waals surface area (Å²) in [4.78, 5) is 0. The first-order valence-corrected chi connectivity index (χ1v) is 6.22. The monoisotopic (exact) mass is 227 g/mol. The van der Waals surface area contributed by atoms with E-state index in [9.17, 15) is 5.11 Å². The van der Waals surface area contributed by atoms with Gasteiger partial charge in [-0.3, -0.25) is 0 Å². The van der Waals surface area contributed by atoms with Crippen LogP contribution in [0.1, 0.15) is 59.8 Å². The Labute approximate surface area is 99.4 Å². The van der Waals surface area contributed by atoms with Gasteiger partial charge in [-0.25, -0.2) is 0 Å². The second kappa shape index (κ2) is 7.65. The van der Waals surface area contributed by atoms with Gasteiger partial charge in [0.2, 0.25) is 0 Å². The Hall–Kier alpha value is -0.590. The number of hydrogen-bond acceptors (Lipinski definition) is 3. The van der Waals surface area contributed by atoms with Crippen LogP contribution in [0.15, 0.2) is 0 Å². The predicted molar refractivity (Wildman–Crippen MR) is 65.0 cm³/mol. The van der Waals surface area contributed by atoms with E-state index in [4.69, 9.17) is 10.00 Å². The van der Waals surface area contributed by atoms with E-state index in [2.05, 4.69) is 13.0 Å². The Kier molecular flexibility index (Phi) is 7.36. The lowest BCUT2D eigenvalue weighted by Crippen LogP contribution is -2.36. The maximum Gasteiger partial charge on any atom is 0.151 e. The summed E-state index contributed by atoms with van der Waals surface area (Å²) in [7, 11) is 0. The third kappa shape index (κ3) is 6.09. The summed E-state index contributed by atoms with van der Waals surface area (Å²) < 4.78 is 5.62. The van der Waals surface area contributed by atoms with E-state index in [1.807, 2.05) is 0 Å². The molecule has 0 radical (unpaired) electrons. The smallest absolute Gasteiger partial charge is 0.151 e. The molecule has 0 rings (SSSR count). The van der Waals surface area contributed by atoms with Crippen LogP contribution in [0.4, 0.5) is 0 Å². The molecule has 0 aliphatic rings. The zero-order valence-corrected chi connectivity index (χ0v) is 11.0. The van der Waals surface area contributed by atoms with Gasteiger partial charge in [-0.2, -0.15) is 5.26 Å². The quantitative estimate of drug-likeness (QED) is 0.648. The summed E-state index contributed by atoms with van der Waals surface area (Å²) in [5.41, 5.74) is -0.760. The lowest BCUT2D eigenvalue weighted by Gasteiger charge is -2.28. The van der Waals surface area contributed by atoms with Gasteiger partial charge in [-0.1, -0.05) is 26.2 Å². The molecule has 0 aliphatic heterocycles. The van der Waals surface area contributed by atoms with Crippen LogP contribution in [0.2, 0.25) is 0 Å². The second-order valence-electron chi connectivity index (χ2n) is 4.72. The molecule has 0 heterocycles. The number of aliphatic hydroxyl groups excluding tert-OH is 1. The number of hydrogen-bond donors (Lipinski definition) is 1. The first-order valence-electron chi connectivity index (χ1n) is 6.22. The summed E-state index contributed by atoms with van der Waals surface area (Å²) in [5.74, 6) is 0. The van der Waals surface area contributed by atoms with Crippen LogP contribution in [0.25, 0.3) is 0 Å². The van der Waals surface area contributed by atoms with Gasteiger partial charge >= 0.3 is 0 Å². The molecule has 94 valence electrons. The molecule has 0 bridgehead atoms. The van der Waals surface area contributed by atoms with Crippen molar-refractivity contribution in [2.24, 2.45) is 0 Å². The zero-order valence-electron chi connectivity index (χ0n) is 11.0. The van der Waals surface area contributed by atoms with Crippen LogP contribution >= 0.6 is 0 Å². The van der Waals surface area contributed by atoms with E-state index >= 15 is 0 Å². The molecule has 16 heavy (non-hydrogen) atoms. The van der Waals surface area contributed by atoms with Gasteiger partial charge in [0.25, 0.3) is 0 Å². The fourth-order valence-corrected chi connectivity index (χ4v) is 1.54. The van der Waals surface area contributed by atoms with Crippen LogP contribution in [-0.2, 0) is 4.74 Å². The van der Waals surface area contributed by atoms with Crippen molar-refractivity contribution in [1.82, 2.24) is 0 Å². The molecular formula is C13H25NO2. The molecule has 3 unspecified atom stereocenters. The van der Waals surface area contributed by atoms with Crippen molar-refractivity contribution in [3.63, 3.8) is 0 Å². The minimum atomic E-state index is -0.760. The predicted octanol–water partition coefficient (Wildman–Crippen LogP) is 3.02. The Morgan fingerprint density at radius 1 is 1.31 bits per heavy atom. The maximum absolute atomic E-state index is 9.35. The molecular weight excluding hydrogens is 202 g/mol. The van der Waals surface area contributed by atoms with Gasteiger partial charge in [0.05, 0.1) is 18.3 Å². The molecule has 0 aromatic rings. The third-order valence-electron chi connectivity index (χ3n) is 2.87. The first-order chi connectivity index (χ1) is 7.45. The van der Waals surface area contributed by atoms with Gasteiger partial charge in [-0.05, 0) is 33.6 Å². The molecule has 0 saturated heterocycles. The van der Waals surface area contributed by atoms with E-state index in [-0.39, 0.29) is 6.10 Å². The Balaban J connectivity index is 4.06. The number of ether oxygens (including phenoxy) is 1. The normalized spacial score (nSPS) is 18.5. The first kappa shape index (κ1) is 15.4. The standard InChI is InChI=1S/C13H25NO2/c1-5-6-7-8-9-13(4,10-14)16-12(3)11(2)15/h11-12,15H,5-9H2,1-4H3. The maximum atomic E-state index is 9.35. The SMILES string of the molecule is CCCCCCC(C)(C#N)OC(C)C(C)O. The molecule has 0 aromatic heterocycles. The fourth-order valence-electron chi connectivity index (χ4n) is 1.54. The average Bonchev–Trinajstić information content (AvgIpc) is 2.24. The minimum absolute atomic E-state index is 0.296. The Bertz CT molecular complexity index is 222. The van der Waals surface area contributed by atoms with Crippen molar-refractivity contribution in [3.8, 4) is 6.07 Å². The summed E-state index contributed by atoms with van der Waals surface area (Å²) in [6.07, 6.45) is 4.44. The van der Waals surface area contributed by atoms with Gasteiger partial charge in [0.15, 0.2) is 5.60 Å². The molecule has 0 spiro atoms. The van der Waals surface area contributed by atoms with E-state index < -0.39 is 11.7 Å². The molecule has 0 aliphatic carbocycles. The molecule has 0 fully saturated rings. The Morgan fingerprint density at radius 3 is 2.38 bits per heavy atom. The van der Waals surface area contributed by atoms with Crippen molar-refractivity contribution in [2.75, 3.05) is 0 Å². The molecule has 3 heteroatoms. The molecule has 0 amide bonds. The lowest BCUT2D eigenvalue weighted by molar-refractivity contribution is -0.0911. The summed E-state index contributed by atoms with van der Waals surface area (Å²) in [6, 6.07) is 2.21. The third-order valence-corrected chi connectivity index (χ3v) is 2.87.